The van der Waals surface area contributed by atoms with Gasteiger partial charge in [0.05, 0.1) is 0 Å². The molecule has 0 aliphatic carbocycles. The Labute approximate surface area is 78.8 Å². The van der Waals surface area contributed by atoms with Crippen LogP contribution in [-0.4, -0.2) is 18.0 Å². The zero-order valence-electron chi connectivity index (χ0n) is 7.57. The zero-order valence-corrected chi connectivity index (χ0v) is 7.57. The van der Waals surface area contributed by atoms with E-state index in [0.29, 0.717) is 6.42 Å². The fourth-order valence-electron chi connectivity index (χ4n) is 0.597. The number of carbonyl (C=O) groups excluding carboxylic acids is 2. The summed E-state index contributed by atoms with van der Waals surface area (Å²) in [5.41, 5.74) is 2.93. The van der Waals surface area contributed by atoms with E-state index < -0.39 is 18.0 Å². The summed E-state index contributed by atoms with van der Waals surface area (Å²) in [6.45, 7) is 1.83. The molecule has 0 aliphatic rings. The lowest BCUT2D eigenvalue weighted by atomic mass is 10.2. The van der Waals surface area contributed by atoms with Gasteiger partial charge in [-0.1, -0.05) is 13.3 Å². The van der Waals surface area contributed by atoms with Gasteiger partial charge in [-0.25, -0.2) is 0 Å². The molecule has 2 N–H and O–H groups in total. The summed E-state index contributed by atoms with van der Waals surface area (Å²) in [4.78, 5) is 20.9. The van der Waals surface area contributed by atoms with Crippen molar-refractivity contribution >= 4 is 11.8 Å². The monoisotopic (exact) mass is 212 g/mol. The average Bonchev–Trinajstić information content (AvgIpc) is 2.09. The van der Waals surface area contributed by atoms with E-state index in [2.05, 4.69) is 0 Å². The Bertz CT molecular complexity index is 215. The fraction of sp³-hybridized carbons (Fsp3) is 0.714. The lowest BCUT2D eigenvalue weighted by Crippen LogP contribution is -2.47. The van der Waals surface area contributed by atoms with Crippen molar-refractivity contribution in [2.75, 3.05) is 0 Å². The van der Waals surface area contributed by atoms with Crippen molar-refractivity contribution in [3.05, 3.63) is 0 Å². The van der Waals surface area contributed by atoms with Gasteiger partial charge in [0.25, 0.3) is 0 Å². The third-order valence-electron chi connectivity index (χ3n) is 1.33. The molecule has 14 heavy (non-hydrogen) atoms. The second kappa shape index (κ2) is 5.46. The third-order valence-corrected chi connectivity index (χ3v) is 1.33. The van der Waals surface area contributed by atoms with Crippen LogP contribution < -0.4 is 10.9 Å². The molecule has 0 saturated carbocycles. The molecule has 0 unspecified atom stereocenters. The number of unbranched alkanes of at least 4 members (excludes halogenated alkanes) is 1. The predicted octanol–water partition coefficient (Wildman–Crippen LogP) is 0.886. The molecule has 0 heterocycles. The molecule has 0 rings (SSSR count). The van der Waals surface area contributed by atoms with Gasteiger partial charge >= 0.3 is 12.1 Å². The highest BCUT2D eigenvalue weighted by Crippen LogP contribution is 2.13. The number of halogens is 3. The van der Waals surface area contributed by atoms with Crippen molar-refractivity contribution in [1.82, 2.24) is 10.9 Å². The van der Waals surface area contributed by atoms with E-state index in [4.69, 9.17) is 0 Å². The van der Waals surface area contributed by atoms with Crippen molar-refractivity contribution in [1.29, 1.82) is 0 Å². The van der Waals surface area contributed by atoms with Crippen molar-refractivity contribution in [2.45, 2.75) is 32.4 Å². The molecule has 0 bridgehead atoms. The van der Waals surface area contributed by atoms with E-state index in [1.807, 2.05) is 6.92 Å². The summed E-state index contributed by atoms with van der Waals surface area (Å²) < 4.78 is 34.8. The maximum atomic E-state index is 11.6. The first-order chi connectivity index (χ1) is 6.38. The van der Waals surface area contributed by atoms with E-state index in [-0.39, 0.29) is 6.42 Å². The first kappa shape index (κ1) is 12.7. The topological polar surface area (TPSA) is 58.2 Å². The maximum absolute atomic E-state index is 11.6. The quantitative estimate of drug-likeness (QED) is 0.682. The van der Waals surface area contributed by atoms with E-state index in [9.17, 15) is 22.8 Å². The van der Waals surface area contributed by atoms with Crippen molar-refractivity contribution in [3.8, 4) is 0 Å². The minimum Gasteiger partial charge on any atom is -0.273 e. The van der Waals surface area contributed by atoms with Gasteiger partial charge in [-0.05, 0) is 6.42 Å². The summed E-state index contributed by atoms with van der Waals surface area (Å²) in [5, 5.41) is 0. The summed E-state index contributed by atoms with van der Waals surface area (Å²) in [6, 6.07) is 0. The summed E-state index contributed by atoms with van der Waals surface area (Å²) in [6.07, 6.45) is -3.57. The highest BCUT2D eigenvalue weighted by atomic mass is 19.4. The Balaban J connectivity index is 3.73. The number of amides is 2. The summed E-state index contributed by atoms with van der Waals surface area (Å²) in [7, 11) is 0. The minimum atomic E-state index is -4.97. The van der Waals surface area contributed by atoms with E-state index in [1.54, 1.807) is 5.43 Å². The first-order valence-electron chi connectivity index (χ1n) is 4.04. The molecule has 0 radical (unpaired) electrons. The number of alkyl halides is 3. The van der Waals surface area contributed by atoms with Gasteiger partial charge in [0, 0.05) is 6.42 Å². The molecule has 0 aliphatic heterocycles. The largest absolute Gasteiger partial charge is 0.472 e. The number of carbonyl (C=O) groups is 2. The van der Waals surface area contributed by atoms with Crippen LogP contribution in [0.2, 0.25) is 0 Å². The molecule has 0 spiro atoms. The summed E-state index contributed by atoms with van der Waals surface area (Å²) >= 11 is 0. The van der Waals surface area contributed by atoms with Crippen LogP contribution in [0.4, 0.5) is 13.2 Å². The number of hydrogen-bond acceptors (Lipinski definition) is 2. The van der Waals surface area contributed by atoms with E-state index in [0.717, 1.165) is 6.42 Å². The summed E-state index contributed by atoms with van der Waals surface area (Å²) in [5.74, 6) is -2.81. The number of nitrogens with one attached hydrogen (secondary N) is 2. The van der Waals surface area contributed by atoms with E-state index >= 15 is 0 Å². The van der Waals surface area contributed by atoms with Crippen molar-refractivity contribution < 1.29 is 22.8 Å². The van der Waals surface area contributed by atoms with Gasteiger partial charge in [0.15, 0.2) is 0 Å². The van der Waals surface area contributed by atoms with Crippen LogP contribution in [0.1, 0.15) is 26.2 Å². The lowest BCUT2D eigenvalue weighted by Gasteiger charge is -2.08. The van der Waals surface area contributed by atoms with Crippen LogP contribution in [0.25, 0.3) is 0 Å². The lowest BCUT2D eigenvalue weighted by molar-refractivity contribution is -0.175. The molecular weight excluding hydrogens is 201 g/mol. The van der Waals surface area contributed by atoms with Crippen LogP contribution in [0.15, 0.2) is 0 Å². The number of hydrazine groups is 1. The molecule has 0 aromatic carbocycles. The molecule has 0 saturated heterocycles. The van der Waals surface area contributed by atoms with Gasteiger partial charge in [-0.3, -0.25) is 20.4 Å². The zero-order chi connectivity index (χ0) is 11.2. The van der Waals surface area contributed by atoms with Gasteiger partial charge in [0.1, 0.15) is 0 Å². The molecule has 0 atom stereocenters. The van der Waals surface area contributed by atoms with Crippen LogP contribution in [0.3, 0.4) is 0 Å². The molecule has 0 aromatic rings. The van der Waals surface area contributed by atoms with Gasteiger partial charge in [0.2, 0.25) is 5.91 Å². The second-order valence-corrected chi connectivity index (χ2v) is 2.60. The molecule has 2 amide bonds. The van der Waals surface area contributed by atoms with Gasteiger partial charge in [-0.15, -0.1) is 0 Å². The fourth-order valence-corrected chi connectivity index (χ4v) is 0.597. The standard InChI is InChI=1S/C7H11F3N2O2/c1-2-3-4-5(13)11-12-6(14)7(8,9)10/h2-4H2,1H3,(H,11,13)(H,12,14). The third kappa shape index (κ3) is 5.39. The normalized spacial score (nSPS) is 10.9. The van der Waals surface area contributed by atoms with Crippen LogP contribution in [-0.2, 0) is 9.59 Å². The minimum absolute atomic E-state index is 0.0919. The number of rotatable bonds is 3. The highest BCUT2D eigenvalue weighted by Gasteiger charge is 2.38. The van der Waals surface area contributed by atoms with E-state index in [1.165, 1.54) is 5.43 Å². The molecule has 0 fully saturated rings. The van der Waals surface area contributed by atoms with Crippen molar-refractivity contribution in [2.24, 2.45) is 0 Å². The van der Waals surface area contributed by atoms with Crippen LogP contribution in [0, 0.1) is 0 Å². The Morgan fingerprint density at radius 1 is 1.21 bits per heavy atom. The van der Waals surface area contributed by atoms with Crippen molar-refractivity contribution in [3.63, 3.8) is 0 Å². The molecular formula is C7H11F3N2O2. The molecule has 82 valence electrons. The Hall–Kier alpha value is -1.27. The van der Waals surface area contributed by atoms with Crippen LogP contribution >= 0.6 is 0 Å². The molecule has 7 heteroatoms. The number of hydrogen-bond donors (Lipinski definition) is 2. The Morgan fingerprint density at radius 3 is 2.21 bits per heavy atom. The Kier molecular flexibility index (Phi) is 4.96. The first-order valence-corrected chi connectivity index (χ1v) is 4.04. The maximum Gasteiger partial charge on any atom is 0.472 e. The predicted molar refractivity (Wildman–Crippen MR) is 41.9 cm³/mol. The Morgan fingerprint density at radius 2 is 1.79 bits per heavy atom. The second-order valence-electron chi connectivity index (χ2n) is 2.60. The highest BCUT2D eigenvalue weighted by molar-refractivity contribution is 5.85. The SMILES string of the molecule is CCCCC(=O)NNC(=O)C(F)(F)F. The molecule has 4 nitrogen and oxygen atoms in total. The smallest absolute Gasteiger partial charge is 0.273 e. The average molecular weight is 212 g/mol. The van der Waals surface area contributed by atoms with Gasteiger partial charge in [-0.2, -0.15) is 13.2 Å². The van der Waals surface area contributed by atoms with Crippen LogP contribution in [0.5, 0.6) is 0 Å². The molecule has 0 aromatic heterocycles. The van der Waals surface area contributed by atoms with Gasteiger partial charge < -0.3 is 0 Å².